The van der Waals surface area contributed by atoms with E-state index in [-0.39, 0.29) is 47.8 Å². The maximum absolute atomic E-state index is 12.0. The van der Waals surface area contributed by atoms with Crippen LogP contribution in [0, 0.1) is 0 Å². The van der Waals surface area contributed by atoms with Crippen molar-refractivity contribution >= 4 is 23.6 Å². The van der Waals surface area contributed by atoms with Crippen molar-refractivity contribution < 1.29 is 23.9 Å². The van der Waals surface area contributed by atoms with Gasteiger partial charge in [-0.1, -0.05) is 24.3 Å². The lowest BCUT2D eigenvalue weighted by Gasteiger charge is -2.10. The number of hydrogen-bond donors (Lipinski definition) is 4. The van der Waals surface area contributed by atoms with Crippen LogP contribution in [0.15, 0.2) is 97.1 Å². The Bertz CT molecular complexity index is 1550. The zero-order valence-electron chi connectivity index (χ0n) is 29.6. The first-order valence-electron chi connectivity index (χ1n) is 16.5. The maximum atomic E-state index is 12.0. The summed E-state index contributed by atoms with van der Waals surface area (Å²) < 4.78 is 5.75. The molecule has 0 fully saturated rings. The zero-order valence-corrected chi connectivity index (χ0v) is 29.6. The van der Waals surface area contributed by atoms with Gasteiger partial charge in [-0.3, -0.25) is 19.2 Å². The Balaban J connectivity index is 0.000000266. The molecule has 0 unspecified atom stereocenters. The lowest BCUT2D eigenvalue weighted by molar-refractivity contribution is 0.0934. The summed E-state index contributed by atoms with van der Waals surface area (Å²) in [5.74, 6) is 0.889. The molecule has 0 atom stereocenters. The summed E-state index contributed by atoms with van der Waals surface area (Å²) in [7, 11) is 0. The van der Waals surface area contributed by atoms with Crippen LogP contribution in [0.25, 0.3) is 11.1 Å². The Kier molecular flexibility index (Phi) is 14.1. The van der Waals surface area contributed by atoms with Crippen molar-refractivity contribution in [1.82, 2.24) is 21.3 Å². The highest BCUT2D eigenvalue weighted by atomic mass is 16.5. The van der Waals surface area contributed by atoms with Crippen LogP contribution in [0.1, 0.15) is 96.8 Å². The molecular formula is C40H48N4O5. The normalized spacial score (nSPS) is 10.7. The SMILES string of the molecule is CC(C)NC(=O)c1ccc(-c2ccc(C(=O)NC(C)C)cc2)cc1.CC(C)NC(=O)c1ccc(Oc2ccc(C(=O)NC(C)C)cc2)cc1. The Labute approximate surface area is 289 Å². The van der Waals surface area contributed by atoms with Gasteiger partial charge in [0.05, 0.1) is 0 Å². The highest BCUT2D eigenvalue weighted by molar-refractivity contribution is 5.96. The molecule has 0 heterocycles. The van der Waals surface area contributed by atoms with Crippen molar-refractivity contribution in [3.8, 4) is 22.6 Å². The summed E-state index contributed by atoms with van der Waals surface area (Å²) in [6.45, 7) is 15.4. The van der Waals surface area contributed by atoms with Gasteiger partial charge in [0.2, 0.25) is 0 Å². The summed E-state index contributed by atoms with van der Waals surface area (Å²) in [6.07, 6.45) is 0. The van der Waals surface area contributed by atoms with Gasteiger partial charge in [0.15, 0.2) is 0 Å². The van der Waals surface area contributed by atoms with E-state index < -0.39 is 0 Å². The van der Waals surface area contributed by atoms with Crippen LogP contribution in [0.4, 0.5) is 0 Å². The van der Waals surface area contributed by atoms with E-state index in [4.69, 9.17) is 4.74 Å². The van der Waals surface area contributed by atoms with E-state index in [1.54, 1.807) is 48.5 Å². The minimum absolute atomic E-state index is 0.0720. The van der Waals surface area contributed by atoms with E-state index >= 15 is 0 Å². The predicted octanol–water partition coefficient (Wildman–Crippen LogP) is 7.39. The van der Waals surface area contributed by atoms with Crippen LogP contribution in [-0.4, -0.2) is 47.8 Å². The second-order valence-corrected chi connectivity index (χ2v) is 12.8. The van der Waals surface area contributed by atoms with Crippen molar-refractivity contribution in [1.29, 1.82) is 0 Å². The molecule has 4 aromatic rings. The van der Waals surface area contributed by atoms with Crippen molar-refractivity contribution in [3.63, 3.8) is 0 Å². The van der Waals surface area contributed by atoms with Crippen molar-refractivity contribution in [2.24, 2.45) is 0 Å². The maximum Gasteiger partial charge on any atom is 0.251 e. The van der Waals surface area contributed by atoms with Gasteiger partial charge in [-0.25, -0.2) is 0 Å². The minimum atomic E-state index is -0.109. The topological polar surface area (TPSA) is 126 Å². The summed E-state index contributed by atoms with van der Waals surface area (Å²) in [5.41, 5.74) is 4.46. The van der Waals surface area contributed by atoms with Gasteiger partial charge in [-0.15, -0.1) is 0 Å². The molecule has 0 aromatic heterocycles. The van der Waals surface area contributed by atoms with Crippen LogP contribution in [0.3, 0.4) is 0 Å². The molecule has 0 bridgehead atoms. The lowest BCUT2D eigenvalue weighted by Crippen LogP contribution is -2.30. The fraction of sp³-hybridized carbons (Fsp3) is 0.300. The molecule has 49 heavy (non-hydrogen) atoms. The average Bonchev–Trinajstić information content (AvgIpc) is 3.04. The highest BCUT2D eigenvalue weighted by Crippen LogP contribution is 2.23. The van der Waals surface area contributed by atoms with Crippen molar-refractivity contribution in [3.05, 3.63) is 119 Å². The number of ether oxygens (including phenoxy) is 1. The summed E-state index contributed by atoms with van der Waals surface area (Å²) >= 11 is 0. The molecular weight excluding hydrogens is 616 g/mol. The molecule has 0 aliphatic heterocycles. The first-order chi connectivity index (χ1) is 23.2. The Morgan fingerprint density at radius 2 is 0.571 bits per heavy atom. The van der Waals surface area contributed by atoms with E-state index in [1.165, 1.54) is 0 Å². The number of rotatable bonds is 11. The smallest absolute Gasteiger partial charge is 0.251 e. The van der Waals surface area contributed by atoms with Gasteiger partial charge in [-0.2, -0.15) is 0 Å². The molecule has 0 aliphatic rings. The highest BCUT2D eigenvalue weighted by Gasteiger charge is 2.11. The van der Waals surface area contributed by atoms with Crippen LogP contribution < -0.4 is 26.0 Å². The third-order valence-electron chi connectivity index (χ3n) is 6.78. The Morgan fingerprint density at radius 3 is 0.776 bits per heavy atom. The number of nitrogens with one attached hydrogen (secondary N) is 4. The van der Waals surface area contributed by atoms with Gasteiger partial charge < -0.3 is 26.0 Å². The van der Waals surface area contributed by atoms with E-state index in [1.807, 2.05) is 104 Å². The molecule has 4 amide bonds. The molecule has 0 saturated heterocycles. The van der Waals surface area contributed by atoms with Gasteiger partial charge >= 0.3 is 0 Å². The monoisotopic (exact) mass is 664 g/mol. The van der Waals surface area contributed by atoms with Crippen LogP contribution in [0.5, 0.6) is 11.5 Å². The molecule has 9 heteroatoms. The largest absolute Gasteiger partial charge is 0.457 e. The standard InChI is InChI=1S/C20H24N2O3.C20H24N2O2/c1-13(2)21-19(23)15-5-9-17(10-6-15)25-18-11-7-16(8-12-18)20(24)22-14(3)4;1-13(2)21-19(23)17-9-5-15(6-10-17)16-7-11-18(12-8-16)20(24)22-14(3)4/h5-14H,1-4H3,(H,21,23)(H,22,24);5-14H,1-4H3,(H,21,23)(H,22,24). The van der Waals surface area contributed by atoms with Gasteiger partial charge in [0.1, 0.15) is 11.5 Å². The van der Waals surface area contributed by atoms with Crippen molar-refractivity contribution in [2.45, 2.75) is 79.6 Å². The third-order valence-corrected chi connectivity index (χ3v) is 6.78. The van der Waals surface area contributed by atoms with Crippen LogP contribution in [0.2, 0.25) is 0 Å². The summed E-state index contributed by atoms with van der Waals surface area (Å²) in [6, 6.07) is 29.2. The van der Waals surface area contributed by atoms with Gasteiger partial charge in [0, 0.05) is 46.4 Å². The quantitative estimate of drug-likeness (QED) is 0.133. The van der Waals surface area contributed by atoms with Crippen molar-refractivity contribution in [2.75, 3.05) is 0 Å². The van der Waals surface area contributed by atoms with Gasteiger partial charge in [-0.05, 0) is 139 Å². The molecule has 0 radical (unpaired) electrons. The Hall–Kier alpha value is -5.44. The number of carbonyl (C=O) groups excluding carboxylic acids is 4. The summed E-state index contributed by atoms with van der Waals surface area (Å²) in [5, 5.41) is 11.4. The number of benzene rings is 4. The zero-order chi connectivity index (χ0) is 36.1. The summed E-state index contributed by atoms with van der Waals surface area (Å²) in [4.78, 5) is 47.7. The molecule has 0 saturated carbocycles. The first kappa shape index (κ1) is 38.0. The molecule has 4 N–H and O–H groups in total. The molecule has 258 valence electrons. The fourth-order valence-electron chi connectivity index (χ4n) is 4.49. The number of amides is 4. The molecule has 4 rings (SSSR count). The van der Waals surface area contributed by atoms with Crippen LogP contribution >= 0.6 is 0 Å². The third kappa shape index (κ3) is 12.6. The molecule has 0 spiro atoms. The predicted molar refractivity (Wildman–Crippen MR) is 195 cm³/mol. The lowest BCUT2D eigenvalue weighted by atomic mass is 10.0. The van der Waals surface area contributed by atoms with Crippen LogP contribution in [-0.2, 0) is 0 Å². The number of hydrogen-bond acceptors (Lipinski definition) is 5. The average molecular weight is 665 g/mol. The number of carbonyl (C=O) groups is 4. The molecule has 9 nitrogen and oxygen atoms in total. The van der Waals surface area contributed by atoms with Gasteiger partial charge in [0.25, 0.3) is 23.6 Å². The van der Waals surface area contributed by atoms with E-state index in [0.29, 0.717) is 33.8 Å². The Morgan fingerprint density at radius 1 is 0.367 bits per heavy atom. The first-order valence-corrected chi connectivity index (χ1v) is 16.5. The minimum Gasteiger partial charge on any atom is -0.457 e. The van der Waals surface area contributed by atoms with E-state index in [9.17, 15) is 19.2 Å². The fourth-order valence-corrected chi connectivity index (χ4v) is 4.49. The van der Waals surface area contributed by atoms with E-state index in [2.05, 4.69) is 21.3 Å². The second kappa shape index (κ2) is 18.2. The molecule has 4 aromatic carbocycles. The van der Waals surface area contributed by atoms with E-state index in [0.717, 1.165) is 11.1 Å². The second-order valence-electron chi connectivity index (χ2n) is 12.8. The molecule has 0 aliphatic carbocycles.